The second-order valence-corrected chi connectivity index (χ2v) is 6.14. The molecule has 114 valence electrons. The molecule has 0 atom stereocenters. The van der Waals surface area contributed by atoms with Gasteiger partial charge >= 0.3 is 0 Å². The lowest BCUT2D eigenvalue weighted by atomic mass is 10.3. The SMILES string of the molecule is COCCN(CC(F)F)S(=O)(=O)c1cc(F)ccc1Cl. The minimum absolute atomic E-state index is 0.0706. The van der Waals surface area contributed by atoms with Crippen LogP contribution in [0.25, 0.3) is 0 Å². The summed E-state index contributed by atoms with van der Waals surface area (Å²) >= 11 is 5.70. The van der Waals surface area contributed by atoms with Crippen molar-refractivity contribution in [3.8, 4) is 0 Å². The van der Waals surface area contributed by atoms with Gasteiger partial charge in [0.05, 0.1) is 18.2 Å². The number of hydrogen-bond acceptors (Lipinski definition) is 3. The van der Waals surface area contributed by atoms with Gasteiger partial charge in [-0.2, -0.15) is 4.31 Å². The highest BCUT2D eigenvalue weighted by Crippen LogP contribution is 2.25. The average Bonchev–Trinajstić information content (AvgIpc) is 2.36. The number of methoxy groups -OCH3 is 1. The number of ether oxygens (including phenoxy) is 1. The standard InChI is InChI=1S/C11H13ClF3NO3S/c1-19-5-4-16(7-11(14)15)20(17,18)10-6-8(13)2-3-9(10)12/h2-3,6,11H,4-5,7H2,1H3. The van der Waals surface area contributed by atoms with E-state index >= 15 is 0 Å². The van der Waals surface area contributed by atoms with Gasteiger partial charge in [-0.25, -0.2) is 21.6 Å². The molecule has 1 rings (SSSR count). The number of hydrogen-bond donors (Lipinski definition) is 0. The molecule has 0 unspecified atom stereocenters. The quantitative estimate of drug-likeness (QED) is 0.770. The number of alkyl halides is 2. The Labute approximate surface area is 120 Å². The van der Waals surface area contributed by atoms with Crippen LogP contribution in [0.3, 0.4) is 0 Å². The van der Waals surface area contributed by atoms with Crippen molar-refractivity contribution >= 4 is 21.6 Å². The summed E-state index contributed by atoms with van der Waals surface area (Å²) in [6.45, 7) is -1.37. The third-order valence-electron chi connectivity index (χ3n) is 2.40. The first-order chi connectivity index (χ1) is 9.28. The maximum atomic E-state index is 13.1. The molecule has 0 saturated heterocycles. The maximum absolute atomic E-state index is 13.1. The molecule has 0 heterocycles. The van der Waals surface area contributed by atoms with Crippen molar-refractivity contribution in [2.45, 2.75) is 11.3 Å². The Morgan fingerprint density at radius 3 is 2.60 bits per heavy atom. The van der Waals surface area contributed by atoms with E-state index in [0.717, 1.165) is 12.1 Å². The lowest BCUT2D eigenvalue weighted by Gasteiger charge is -2.22. The molecule has 0 aromatic heterocycles. The van der Waals surface area contributed by atoms with E-state index in [1.54, 1.807) is 0 Å². The molecule has 0 bridgehead atoms. The topological polar surface area (TPSA) is 46.6 Å². The zero-order chi connectivity index (χ0) is 15.3. The Balaban J connectivity index is 3.17. The molecule has 9 heteroatoms. The number of halogens is 4. The van der Waals surface area contributed by atoms with E-state index in [0.29, 0.717) is 10.4 Å². The largest absolute Gasteiger partial charge is 0.383 e. The van der Waals surface area contributed by atoms with E-state index in [-0.39, 0.29) is 18.2 Å². The molecule has 0 aliphatic heterocycles. The summed E-state index contributed by atoms with van der Waals surface area (Å²) in [6.07, 6.45) is -2.87. The molecule has 0 aliphatic rings. The zero-order valence-corrected chi connectivity index (χ0v) is 12.1. The van der Waals surface area contributed by atoms with Gasteiger partial charge in [0.25, 0.3) is 6.43 Å². The summed E-state index contributed by atoms with van der Waals surface area (Å²) in [5, 5.41) is -0.233. The molecule has 4 nitrogen and oxygen atoms in total. The molecule has 0 saturated carbocycles. The highest BCUT2D eigenvalue weighted by molar-refractivity contribution is 7.89. The fourth-order valence-electron chi connectivity index (χ4n) is 1.47. The summed E-state index contributed by atoms with van der Waals surface area (Å²) < 4.78 is 67.8. The summed E-state index contributed by atoms with van der Waals surface area (Å²) in [7, 11) is -3.01. The smallest absolute Gasteiger partial charge is 0.252 e. The first-order valence-electron chi connectivity index (χ1n) is 5.51. The number of nitrogens with zero attached hydrogens (tertiary/aromatic N) is 1. The number of sulfonamides is 1. The zero-order valence-electron chi connectivity index (χ0n) is 10.5. The van der Waals surface area contributed by atoms with Crippen LogP contribution < -0.4 is 0 Å². The van der Waals surface area contributed by atoms with Crippen LogP contribution in [-0.2, 0) is 14.8 Å². The molecule has 0 spiro atoms. The maximum Gasteiger partial charge on any atom is 0.252 e. The highest BCUT2D eigenvalue weighted by atomic mass is 35.5. The van der Waals surface area contributed by atoms with Gasteiger partial charge in [-0.15, -0.1) is 0 Å². The van der Waals surface area contributed by atoms with Crippen molar-refractivity contribution in [1.29, 1.82) is 0 Å². The van der Waals surface area contributed by atoms with Gasteiger partial charge < -0.3 is 4.74 Å². The van der Waals surface area contributed by atoms with Crippen LogP contribution in [0, 0.1) is 5.82 Å². The molecule has 0 radical (unpaired) electrons. The van der Waals surface area contributed by atoms with E-state index in [2.05, 4.69) is 4.74 Å². The van der Waals surface area contributed by atoms with Crippen molar-refractivity contribution in [3.63, 3.8) is 0 Å². The Kier molecular flexibility index (Phi) is 6.25. The van der Waals surface area contributed by atoms with Crippen LogP contribution in [0.4, 0.5) is 13.2 Å². The Hall–Kier alpha value is -0.830. The van der Waals surface area contributed by atoms with Crippen LogP contribution >= 0.6 is 11.6 Å². The normalized spacial score (nSPS) is 12.3. The first-order valence-corrected chi connectivity index (χ1v) is 7.33. The number of benzene rings is 1. The van der Waals surface area contributed by atoms with Gasteiger partial charge in [0, 0.05) is 13.7 Å². The van der Waals surface area contributed by atoms with E-state index in [1.807, 2.05) is 0 Å². The van der Waals surface area contributed by atoms with Crippen molar-refractivity contribution < 1.29 is 26.3 Å². The summed E-state index contributed by atoms with van der Waals surface area (Å²) in [6, 6.07) is 2.73. The summed E-state index contributed by atoms with van der Waals surface area (Å²) in [4.78, 5) is -0.545. The molecule has 1 aromatic carbocycles. The van der Waals surface area contributed by atoms with Gasteiger partial charge in [-0.05, 0) is 18.2 Å². The molecule has 0 aliphatic carbocycles. The fourth-order valence-corrected chi connectivity index (χ4v) is 3.36. The molecular weight excluding hydrogens is 319 g/mol. The average molecular weight is 332 g/mol. The second-order valence-electron chi connectivity index (χ2n) is 3.82. The Bertz CT molecular complexity index is 554. The third kappa shape index (κ3) is 4.34. The predicted molar refractivity (Wildman–Crippen MR) is 68.0 cm³/mol. The molecule has 20 heavy (non-hydrogen) atoms. The van der Waals surface area contributed by atoms with E-state index in [1.165, 1.54) is 7.11 Å². The van der Waals surface area contributed by atoms with Gasteiger partial charge in [0.15, 0.2) is 0 Å². The van der Waals surface area contributed by atoms with Crippen molar-refractivity contribution in [2.75, 3.05) is 26.8 Å². The molecular formula is C11H13ClF3NO3S. The highest BCUT2D eigenvalue weighted by Gasteiger charge is 2.29. The van der Waals surface area contributed by atoms with E-state index in [9.17, 15) is 21.6 Å². The van der Waals surface area contributed by atoms with Gasteiger partial charge in [0.1, 0.15) is 10.7 Å². The van der Waals surface area contributed by atoms with Crippen LogP contribution in [0.2, 0.25) is 5.02 Å². The first kappa shape index (κ1) is 17.2. The Morgan fingerprint density at radius 1 is 1.40 bits per heavy atom. The second kappa shape index (κ2) is 7.26. The minimum atomic E-state index is -4.32. The molecule has 1 aromatic rings. The van der Waals surface area contributed by atoms with Crippen LogP contribution in [0.15, 0.2) is 23.1 Å². The van der Waals surface area contributed by atoms with Crippen molar-refractivity contribution in [3.05, 3.63) is 29.0 Å². The van der Waals surface area contributed by atoms with E-state index < -0.39 is 33.7 Å². The lowest BCUT2D eigenvalue weighted by Crippen LogP contribution is -2.37. The fraction of sp³-hybridized carbons (Fsp3) is 0.455. The molecule has 0 amide bonds. The van der Waals surface area contributed by atoms with Crippen LogP contribution in [0.5, 0.6) is 0 Å². The van der Waals surface area contributed by atoms with Crippen LogP contribution in [-0.4, -0.2) is 46.0 Å². The monoisotopic (exact) mass is 331 g/mol. The van der Waals surface area contributed by atoms with Gasteiger partial charge in [-0.1, -0.05) is 11.6 Å². The van der Waals surface area contributed by atoms with E-state index in [4.69, 9.17) is 11.6 Å². The summed E-state index contributed by atoms with van der Waals surface area (Å²) in [5.41, 5.74) is 0. The van der Waals surface area contributed by atoms with Gasteiger partial charge in [0.2, 0.25) is 10.0 Å². The van der Waals surface area contributed by atoms with Crippen molar-refractivity contribution in [1.82, 2.24) is 4.31 Å². The molecule has 0 fully saturated rings. The lowest BCUT2D eigenvalue weighted by molar-refractivity contribution is 0.106. The third-order valence-corrected chi connectivity index (χ3v) is 4.74. The Morgan fingerprint density at radius 2 is 2.05 bits per heavy atom. The van der Waals surface area contributed by atoms with Crippen molar-refractivity contribution in [2.24, 2.45) is 0 Å². The summed E-state index contributed by atoms with van der Waals surface area (Å²) in [5.74, 6) is -0.822. The van der Waals surface area contributed by atoms with Gasteiger partial charge in [-0.3, -0.25) is 0 Å². The predicted octanol–water partition coefficient (Wildman–Crippen LogP) is 2.38. The van der Waals surface area contributed by atoms with Crippen LogP contribution in [0.1, 0.15) is 0 Å². The molecule has 0 N–H and O–H groups in total. The minimum Gasteiger partial charge on any atom is -0.383 e. The number of rotatable bonds is 7.